The van der Waals surface area contributed by atoms with Crippen molar-refractivity contribution in [3.63, 3.8) is 0 Å². The molecular weight excluding hydrogens is 376 g/mol. The summed E-state index contributed by atoms with van der Waals surface area (Å²) in [6, 6.07) is 28.2. The second-order valence-corrected chi connectivity index (χ2v) is 8.16. The summed E-state index contributed by atoms with van der Waals surface area (Å²) >= 11 is 1.53. The van der Waals surface area contributed by atoms with E-state index in [1.165, 1.54) is 22.5 Å². The molecule has 0 unspecified atom stereocenters. The van der Waals surface area contributed by atoms with E-state index in [1.807, 2.05) is 66.9 Å². The van der Waals surface area contributed by atoms with E-state index < -0.39 is 0 Å². The molecule has 3 nitrogen and oxygen atoms in total. The van der Waals surface area contributed by atoms with Crippen molar-refractivity contribution in [3.05, 3.63) is 118 Å². The minimum atomic E-state index is -0.374. The summed E-state index contributed by atoms with van der Waals surface area (Å²) in [7, 11) is 0. The molecule has 0 spiro atoms. The summed E-state index contributed by atoms with van der Waals surface area (Å²) in [5.41, 5.74) is 4.42. The number of carbonyl (C=O) groups excluding carboxylic acids is 1. The number of hydrogen-bond donors (Lipinski definition) is 1. The molecule has 144 valence electrons. The Kier molecular flexibility index (Phi) is 5.82. The fourth-order valence-electron chi connectivity index (χ4n) is 3.43. The molecule has 0 fully saturated rings. The largest absolute Gasteiger partial charge is 0.301 e. The summed E-state index contributed by atoms with van der Waals surface area (Å²) in [4.78, 5) is 18.7. The first-order valence-corrected chi connectivity index (χ1v) is 10.4. The Morgan fingerprint density at radius 1 is 0.931 bits per heavy atom. The van der Waals surface area contributed by atoms with Gasteiger partial charge in [0.05, 0.1) is 5.92 Å². The van der Waals surface area contributed by atoms with E-state index in [-0.39, 0.29) is 11.8 Å². The van der Waals surface area contributed by atoms with Gasteiger partial charge in [0.15, 0.2) is 5.13 Å². The van der Waals surface area contributed by atoms with Crippen LogP contribution >= 0.6 is 11.3 Å². The maximum absolute atomic E-state index is 13.2. The van der Waals surface area contributed by atoms with Gasteiger partial charge in [0.25, 0.3) is 0 Å². The molecule has 0 saturated heterocycles. The molecule has 0 atom stereocenters. The van der Waals surface area contributed by atoms with Gasteiger partial charge in [-0.25, -0.2) is 4.98 Å². The van der Waals surface area contributed by atoms with Crippen LogP contribution in [0.25, 0.3) is 0 Å². The lowest BCUT2D eigenvalue weighted by molar-refractivity contribution is -0.116. The summed E-state index contributed by atoms with van der Waals surface area (Å²) < 4.78 is 0. The quantitative estimate of drug-likeness (QED) is 0.445. The Morgan fingerprint density at radius 2 is 1.59 bits per heavy atom. The standard InChI is InChI=1S/C25H22N2OS/c1-18-9-8-10-19(15-18)16-22-17-26-25(29-22)27-24(28)23(20-11-4-2-5-12-20)21-13-6-3-7-14-21/h2-15,17,23H,16H2,1H3,(H,26,27,28). The van der Waals surface area contributed by atoms with Crippen LogP contribution in [-0.4, -0.2) is 10.9 Å². The van der Waals surface area contributed by atoms with Crippen molar-refractivity contribution < 1.29 is 4.79 Å². The van der Waals surface area contributed by atoms with Gasteiger partial charge in [-0.05, 0) is 23.6 Å². The zero-order valence-corrected chi connectivity index (χ0v) is 17.0. The Morgan fingerprint density at radius 3 is 2.21 bits per heavy atom. The lowest BCUT2D eigenvalue weighted by Crippen LogP contribution is -2.22. The molecule has 0 radical (unpaired) electrons. The predicted molar refractivity (Wildman–Crippen MR) is 119 cm³/mol. The second kappa shape index (κ2) is 8.84. The van der Waals surface area contributed by atoms with E-state index in [1.54, 1.807) is 0 Å². The molecule has 0 aliphatic rings. The van der Waals surface area contributed by atoms with E-state index in [0.717, 1.165) is 22.4 Å². The number of aromatic nitrogens is 1. The number of benzene rings is 3. The molecule has 3 aromatic carbocycles. The third-order valence-electron chi connectivity index (χ3n) is 4.77. The van der Waals surface area contributed by atoms with E-state index in [9.17, 15) is 4.79 Å². The zero-order chi connectivity index (χ0) is 20.1. The van der Waals surface area contributed by atoms with E-state index in [4.69, 9.17) is 0 Å². The van der Waals surface area contributed by atoms with Crippen molar-refractivity contribution in [2.24, 2.45) is 0 Å². The lowest BCUT2D eigenvalue weighted by Gasteiger charge is -2.17. The third-order valence-corrected chi connectivity index (χ3v) is 5.69. The number of aryl methyl sites for hydroxylation is 1. The molecule has 1 aromatic heterocycles. The minimum absolute atomic E-state index is 0.0705. The molecule has 4 heteroatoms. The number of carbonyl (C=O) groups is 1. The minimum Gasteiger partial charge on any atom is -0.301 e. The monoisotopic (exact) mass is 398 g/mol. The molecule has 4 rings (SSSR count). The van der Waals surface area contributed by atoms with Crippen LogP contribution in [0.5, 0.6) is 0 Å². The van der Waals surface area contributed by atoms with Gasteiger partial charge in [-0.2, -0.15) is 0 Å². The normalized spacial score (nSPS) is 10.8. The number of nitrogens with zero attached hydrogens (tertiary/aromatic N) is 1. The van der Waals surface area contributed by atoms with Crippen molar-refractivity contribution in [1.29, 1.82) is 0 Å². The molecular formula is C25H22N2OS. The van der Waals surface area contributed by atoms with Crippen LogP contribution in [0.1, 0.15) is 33.0 Å². The van der Waals surface area contributed by atoms with Gasteiger partial charge in [-0.3, -0.25) is 4.79 Å². The van der Waals surface area contributed by atoms with Crippen LogP contribution in [0.4, 0.5) is 5.13 Å². The highest BCUT2D eigenvalue weighted by Gasteiger charge is 2.23. The van der Waals surface area contributed by atoms with Crippen molar-refractivity contribution >= 4 is 22.4 Å². The number of amides is 1. The van der Waals surface area contributed by atoms with Crippen molar-refractivity contribution in [3.8, 4) is 0 Å². The molecule has 1 heterocycles. The van der Waals surface area contributed by atoms with Gasteiger partial charge in [0.1, 0.15) is 0 Å². The van der Waals surface area contributed by atoms with Crippen LogP contribution in [-0.2, 0) is 11.2 Å². The summed E-state index contributed by atoms with van der Waals surface area (Å²) in [5.74, 6) is -0.444. The van der Waals surface area contributed by atoms with Gasteiger partial charge in [-0.1, -0.05) is 90.5 Å². The van der Waals surface area contributed by atoms with Gasteiger partial charge >= 0.3 is 0 Å². The molecule has 0 aliphatic carbocycles. The van der Waals surface area contributed by atoms with E-state index in [2.05, 4.69) is 41.5 Å². The fourth-order valence-corrected chi connectivity index (χ4v) is 4.28. The number of nitrogens with one attached hydrogen (secondary N) is 1. The SMILES string of the molecule is Cc1cccc(Cc2cnc(NC(=O)C(c3ccccc3)c3ccccc3)s2)c1. The van der Waals surface area contributed by atoms with Crippen LogP contribution in [0, 0.1) is 6.92 Å². The Bertz CT molecular complexity index is 1050. The molecule has 0 saturated carbocycles. The van der Waals surface area contributed by atoms with E-state index >= 15 is 0 Å². The topological polar surface area (TPSA) is 42.0 Å². The first-order chi connectivity index (χ1) is 14.2. The van der Waals surface area contributed by atoms with Gasteiger partial charge in [0.2, 0.25) is 5.91 Å². The van der Waals surface area contributed by atoms with Crippen LogP contribution in [0.15, 0.2) is 91.1 Å². The molecule has 0 bridgehead atoms. The Labute approximate surface area is 175 Å². The van der Waals surface area contributed by atoms with Gasteiger partial charge < -0.3 is 5.32 Å². The van der Waals surface area contributed by atoms with Crippen molar-refractivity contribution in [2.45, 2.75) is 19.3 Å². The Hall–Kier alpha value is -3.24. The maximum Gasteiger partial charge on any atom is 0.238 e. The van der Waals surface area contributed by atoms with Gasteiger partial charge in [0, 0.05) is 17.5 Å². The fraction of sp³-hybridized carbons (Fsp3) is 0.120. The molecule has 4 aromatic rings. The highest BCUT2D eigenvalue weighted by molar-refractivity contribution is 7.15. The van der Waals surface area contributed by atoms with Crippen molar-refractivity contribution in [2.75, 3.05) is 5.32 Å². The number of thiazole rings is 1. The number of anilines is 1. The number of rotatable bonds is 6. The highest BCUT2D eigenvalue weighted by Crippen LogP contribution is 2.28. The van der Waals surface area contributed by atoms with Crippen molar-refractivity contribution in [1.82, 2.24) is 4.98 Å². The maximum atomic E-state index is 13.2. The first kappa shape index (κ1) is 19.1. The smallest absolute Gasteiger partial charge is 0.238 e. The molecule has 29 heavy (non-hydrogen) atoms. The van der Waals surface area contributed by atoms with Gasteiger partial charge in [-0.15, -0.1) is 11.3 Å². The molecule has 1 amide bonds. The third kappa shape index (κ3) is 4.79. The van der Waals surface area contributed by atoms with Crippen LogP contribution in [0.2, 0.25) is 0 Å². The average molecular weight is 399 g/mol. The molecule has 1 N–H and O–H groups in total. The van der Waals surface area contributed by atoms with E-state index in [0.29, 0.717) is 5.13 Å². The first-order valence-electron chi connectivity index (χ1n) is 9.60. The average Bonchev–Trinajstić information content (AvgIpc) is 3.16. The summed E-state index contributed by atoms with van der Waals surface area (Å²) in [5, 5.41) is 3.66. The highest BCUT2D eigenvalue weighted by atomic mass is 32.1. The lowest BCUT2D eigenvalue weighted by atomic mass is 9.90. The summed E-state index contributed by atoms with van der Waals surface area (Å²) in [6.45, 7) is 2.09. The zero-order valence-electron chi connectivity index (χ0n) is 16.2. The number of hydrogen-bond acceptors (Lipinski definition) is 3. The Balaban J connectivity index is 1.53. The van der Waals surface area contributed by atoms with Crippen LogP contribution in [0.3, 0.4) is 0 Å². The summed E-state index contributed by atoms with van der Waals surface area (Å²) in [6.07, 6.45) is 2.67. The van der Waals surface area contributed by atoms with Crippen LogP contribution < -0.4 is 5.32 Å². The predicted octanol–water partition coefficient (Wildman–Crippen LogP) is 5.81. The molecule has 0 aliphatic heterocycles. The second-order valence-electron chi connectivity index (χ2n) is 7.04.